The van der Waals surface area contributed by atoms with Crippen LogP contribution in [0.5, 0.6) is 6.01 Å². The molecule has 2 saturated heterocycles. The summed E-state index contributed by atoms with van der Waals surface area (Å²) in [5, 5.41) is 30.5. The second-order valence-corrected chi connectivity index (χ2v) is 9.78. The van der Waals surface area contributed by atoms with E-state index >= 15 is 0 Å². The van der Waals surface area contributed by atoms with Gasteiger partial charge in [0, 0.05) is 17.5 Å². The van der Waals surface area contributed by atoms with Gasteiger partial charge in [0.1, 0.15) is 18.3 Å². The second-order valence-electron chi connectivity index (χ2n) is 9.38. The van der Waals surface area contributed by atoms with Crippen LogP contribution in [-0.4, -0.2) is 67.9 Å². The van der Waals surface area contributed by atoms with Crippen LogP contribution in [0.3, 0.4) is 0 Å². The van der Waals surface area contributed by atoms with E-state index in [4.69, 9.17) is 25.8 Å². The van der Waals surface area contributed by atoms with Gasteiger partial charge in [0.05, 0.1) is 29.4 Å². The molecule has 37 heavy (non-hydrogen) atoms. The summed E-state index contributed by atoms with van der Waals surface area (Å²) in [6, 6.07) is 17.0. The SMILES string of the molecule is CCC(O)(O)c1ccc(-c2ccc(-c3nc4nc(O[C@@H]5CO[C@H]6[C@@H]5OC[C@H]6O)[nH]c4cc3Cl)cc2)cc1. The van der Waals surface area contributed by atoms with Gasteiger partial charge >= 0.3 is 0 Å². The summed E-state index contributed by atoms with van der Waals surface area (Å²) >= 11 is 6.57. The maximum absolute atomic E-state index is 10.0. The highest BCUT2D eigenvalue weighted by molar-refractivity contribution is 6.33. The maximum atomic E-state index is 10.0. The summed E-state index contributed by atoms with van der Waals surface area (Å²) in [5.74, 6) is -1.83. The van der Waals surface area contributed by atoms with Crippen LogP contribution in [0.25, 0.3) is 33.5 Å². The molecule has 0 unspecified atom stereocenters. The van der Waals surface area contributed by atoms with E-state index in [0.717, 1.165) is 16.7 Å². The summed E-state index contributed by atoms with van der Waals surface area (Å²) in [6.07, 6.45) is -1.55. The van der Waals surface area contributed by atoms with E-state index in [1.54, 1.807) is 25.1 Å². The van der Waals surface area contributed by atoms with E-state index in [0.29, 0.717) is 34.1 Å². The largest absolute Gasteiger partial charge is 0.456 e. The molecule has 0 bridgehead atoms. The van der Waals surface area contributed by atoms with Crippen molar-refractivity contribution < 1.29 is 29.5 Å². The van der Waals surface area contributed by atoms with Crippen LogP contribution in [0.1, 0.15) is 18.9 Å². The Labute approximate surface area is 217 Å². The smallest absolute Gasteiger partial charge is 0.296 e. The van der Waals surface area contributed by atoms with E-state index in [-0.39, 0.29) is 37.4 Å². The summed E-state index contributed by atoms with van der Waals surface area (Å²) in [6.45, 7) is 2.25. The topological polar surface area (TPSA) is 130 Å². The summed E-state index contributed by atoms with van der Waals surface area (Å²) in [4.78, 5) is 12.2. The standard InChI is InChI=1S/C27H26ClN3O6/c1-2-27(33,34)17-9-7-15(8-10-17)14-3-5-16(6-4-14)22-18(28)11-19-25(30-22)31-26(29-19)37-21-13-36-23-20(32)12-35-24(21)23/h3-11,20-21,23-24,32-34H,2,12-13H2,1H3,(H,29,30,31)/t20-,21-,23-,24-/m1/s1. The number of fused-ring (bicyclic) bond motifs is 2. The van der Waals surface area contributed by atoms with Crippen LogP contribution >= 0.6 is 11.6 Å². The molecule has 4 aromatic rings. The van der Waals surface area contributed by atoms with E-state index in [2.05, 4.69) is 15.0 Å². The number of imidazole rings is 1. The van der Waals surface area contributed by atoms with Crippen LogP contribution in [0, 0.1) is 0 Å². The first-order valence-electron chi connectivity index (χ1n) is 12.1. The van der Waals surface area contributed by atoms with Crippen LogP contribution in [0.2, 0.25) is 5.02 Å². The number of nitrogens with one attached hydrogen (secondary N) is 1. The lowest BCUT2D eigenvalue weighted by Gasteiger charge is -2.20. The molecular formula is C27H26ClN3O6. The molecule has 2 fully saturated rings. The van der Waals surface area contributed by atoms with Gasteiger partial charge in [0.15, 0.2) is 17.5 Å². The minimum absolute atomic E-state index is 0.206. The molecule has 0 radical (unpaired) electrons. The van der Waals surface area contributed by atoms with Crippen LogP contribution in [-0.2, 0) is 15.3 Å². The van der Waals surface area contributed by atoms with Crippen LogP contribution in [0.15, 0.2) is 54.6 Å². The second kappa shape index (κ2) is 9.36. The Kier molecular flexibility index (Phi) is 6.15. The van der Waals surface area contributed by atoms with Gasteiger partial charge in [-0.3, -0.25) is 0 Å². The van der Waals surface area contributed by atoms with Gasteiger partial charge in [-0.25, -0.2) is 4.98 Å². The Morgan fingerprint density at radius 2 is 1.62 bits per heavy atom. The Balaban J connectivity index is 1.22. The molecule has 2 aromatic carbocycles. The number of pyridine rings is 1. The number of hydrogen-bond acceptors (Lipinski definition) is 8. The van der Waals surface area contributed by atoms with Crippen molar-refractivity contribution >= 4 is 22.8 Å². The molecule has 4 heterocycles. The molecule has 9 nitrogen and oxygen atoms in total. The Bertz CT molecular complexity index is 1420. The maximum Gasteiger partial charge on any atom is 0.296 e. The number of nitrogens with zero attached hydrogens (tertiary/aromatic N) is 2. The zero-order valence-corrected chi connectivity index (χ0v) is 20.7. The van der Waals surface area contributed by atoms with Crippen molar-refractivity contribution in [2.24, 2.45) is 0 Å². The zero-order chi connectivity index (χ0) is 25.7. The van der Waals surface area contributed by atoms with Crippen molar-refractivity contribution in [2.75, 3.05) is 13.2 Å². The van der Waals surface area contributed by atoms with E-state index in [1.165, 1.54) is 0 Å². The van der Waals surface area contributed by atoms with Crippen molar-refractivity contribution in [3.05, 3.63) is 65.2 Å². The molecule has 10 heteroatoms. The monoisotopic (exact) mass is 523 g/mol. The third kappa shape index (κ3) is 4.48. The molecule has 0 spiro atoms. The molecule has 0 amide bonds. The number of aromatic nitrogens is 3. The van der Waals surface area contributed by atoms with Gasteiger partial charge in [-0.1, -0.05) is 67.1 Å². The van der Waals surface area contributed by atoms with Gasteiger partial charge in [0.25, 0.3) is 6.01 Å². The van der Waals surface area contributed by atoms with Gasteiger partial charge in [-0.15, -0.1) is 0 Å². The van der Waals surface area contributed by atoms with Crippen molar-refractivity contribution in [2.45, 2.75) is 43.5 Å². The Hall–Kier alpha value is -3.05. The molecular weight excluding hydrogens is 498 g/mol. The van der Waals surface area contributed by atoms with Crippen molar-refractivity contribution in [1.29, 1.82) is 0 Å². The highest BCUT2D eigenvalue weighted by Crippen LogP contribution is 2.33. The minimum atomic E-state index is -1.83. The van der Waals surface area contributed by atoms with Crippen molar-refractivity contribution in [3.8, 4) is 28.4 Å². The quantitative estimate of drug-likeness (QED) is 0.283. The molecule has 6 rings (SSSR count). The number of halogens is 1. The number of benzene rings is 2. The van der Waals surface area contributed by atoms with Gasteiger partial charge < -0.3 is 34.5 Å². The number of aromatic amines is 1. The molecule has 2 aromatic heterocycles. The fourth-order valence-corrected chi connectivity index (χ4v) is 5.06. The molecule has 0 saturated carbocycles. The van der Waals surface area contributed by atoms with Crippen LogP contribution in [0.4, 0.5) is 0 Å². The van der Waals surface area contributed by atoms with E-state index in [9.17, 15) is 15.3 Å². The summed E-state index contributed by atoms with van der Waals surface area (Å²) in [5.41, 5.74) is 4.89. The first kappa shape index (κ1) is 24.3. The predicted molar refractivity (Wildman–Crippen MR) is 136 cm³/mol. The third-order valence-corrected chi connectivity index (χ3v) is 7.27. The average Bonchev–Trinajstić information content (AvgIpc) is 3.60. The van der Waals surface area contributed by atoms with Crippen LogP contribution < -0.4 is 4.74 Å². The fourth-order valence-electron chi connectivity index (χ4n) is 4.80. The molecule has 2 aliphatic rings. The summed E-state index contributed by atoms with van der Waals surface area (Å²) < 4.78 is 17.2. The molecule has 4 atom stereocenters. The molecule has 0 aliphatic carbocycles. The number of H-pyrrole nitrogens is 1. The first-order chi connectivity index (χ1) is 17.8. The number of hydrogen-bond donors (Lipinski definition) is 4. The molecule has 4 N–H and O–H groups in total. The fraction of sp³-hybridized carbons (Fsp3) is 0.333. The number of ether oxygens (including phenoxy) is 3. The van der Waals surface area contributed by atoms with Crippen molar-refractivity contribution in [1.82, 2.24) is 15.0 Å². The van der Waals surface area contributed by atoms with Gasteiger partial charge in [-0.05, 0) is 17.2 Å². The normalized spacial score (nSPS) is 23.5. The highest BCUT2D eigenvalue weighted by Gasteiger charge is 2.48. The van der Waals surface area contributed by atoms with Crippen molar-refractivity contribution in [3.63, 3.8) is 0 Å². The third-order valence-electron chi connectivity index (χ3n) is 6.98. The minimum Gasteiger partial charge on any atom is -0.456 e. The number of aliphatic hydroxyl groups is 3. The van der Waals surface area contributed by atoms with E-state index in [1.807, 2.05) is 36.4 Å². The predicted octanol–water partition coefficient (Wildman–Crippen LogP) is 3.40. The Morgan fingerprint density at radius 3 is 2.32 bits per heavy atom. The lowest BCUT2D eigenvalue weighted by Crippen LogP contribution is -2.34. The zero-order valence-electron chi connectivity index (χ0n) is 20.0. The molecule has 2 aliphatic heterocycles. The Morgan fingerprint density at radius 1 is 0.973 bits per heavy atom. The lowest BCUT2D eigenvalue weighted by molar-refractivity contribution is -0.171. The lowest BCUT2D eigenvalue weighted by atomic mass is 9.98. The highest BCUT2D eigenvalue weighted by atomic mass is 35.5. The van der Waals surface area contributed by atoms with Gasteiger partial charge in [-0.2, -0.15) is 4.98 Å². The average molecular weight is 524 g/mol. The number of aliphatic hydroxyl groups excluding tert-OH is 1. The van der Waals surface area contributed by atoms with Gasteiger partial charge in [0.2, 0.25) is 0 Å². The van der Waals surface area contributed by atoms with E-state index < -0.39 is 11.9 Å². The summed E-state index contributed by atoms with van der Waals surface area (Å²) in [7, 11) is 0. The first-order valence-corrected chi connectivity index (χ1v) is 12.5. The number of rotatable bonds is 6. The molecule has 192 valence electrons.